The Bertz CT molecular complexity index is 507. The Hall–Kier alpha value is -2.07. The highest BCUT2D eigenvalue weighted by Crippen LogP contribution is 2.14. The SMILES string of the molecule is CC(N)Cc1ccc(OCc2ccc(O)cc2)cn1. The van der Waals surface area contributed by atoms with Crippen LogP contribution >= 0.6 is 0 Å². The summed E-state index contributed by atoms with van der Waals surface area (Å²) in [7, 11) is 0. The second kappa shape index (κ2) is 6.20. The predicted molar refractivity (Wildman–Crippen MR) is 74.0 cm³/mol. The Balaban J connectivity index is 1.91. The van der Waals surface area contributed by atoms with Gasteiger partial charge in [-0.1, -0.05) is 12.1 Å². The molecule has 0 saturated heterocycles. The van der Waals surface area contributed by atoms with Crippen molar-refractivity contribution in [2.45, 2.75) is 26.0 Å². The second-order valence-electron chi connectivity index (χ2n) is 4.62. The zero-order valence-corrected chi connectivity index (χ0v) is 10.9. The summed E-state index contributed by atoms with van der Waals surface area (Å²) in [5.41, 5.74) is 7.68. The molecule has 1 unspecified atom stereocenters. The van der Waals surface area contributed by atoms with Crippen LogP contribution in [-0.4, -0.2) is 16.1 Å². The Morgan fingerprint density at radius 3 is 2.53 bits per heavy atom. The molecule has 0 aliphatic carbocycles. The molecule has 1 atom stereocenters. The minimum Gasteiger partial charge on any atom is -0.508 e. The molecular formula is C15H18N2O2. The van der Waals surface area contributed by atoms with Crippen molar-refractivity contribution in [3.05, 3.63) is 53.9 Å². The first-order valence-corrected chi connectivity index (χ1v) is 6.24. The van der Waals surface area contributed by atoms with Gasteiger partial charge in [0.2, 0.25) is 0 Å². The molecule has 3 N–H and O–H groups in total. The van der Waals surface area contributed by atoms with Crippen LogP contribution in [-0.2, 0) is 13.0 Å². The summed E-state index contributed by atoms with van der Waals surface area (Å²) in [5, 5.41) is 9.18. The number of nitrogens with two attached hydrogens (primary N) is 1. The minimum absolute atomic E-state index is 0.108. The van der Waals surface area contributed by atoms with Crippen LogP contribution in [0.5, 0.6) is 11.5 Å². The van der Waals surface area contributed by atoms with Crippen molar-refractivity contribution in [3.8, 4) is 11.5 Å². The lowest BCUT2D eigenvalue weighted by Crippen LogP contribution is -2.18. The topological polar surface area (TPSA) is 68.4 Å². The van der Waals surface area contributed by atoms with Gasteiger partial charge in [-0.2, -0.15) is 0 Å². The van der Waals surface area contributed by atoms with Crippen molar-refractivity contribution in [1.29, 1.82) is 0 Å². The average Bonchev–Trinajstić information content (AvgIpc) is 2.39. The number of ether oxygens (including phenoxy) is 1. The number of aromatic nitrogens is 1. The predicted octanol–water partition coefficient (Wildman–Crippen LogP) is 2.26. The third kappa shape index (κ3) is 4.26. The molecule has 19 heavy (non-hydrogen) atoms. The van der Waals surface area contributed by atoms with Gasteiger partial charge in [0.1, 0.15) is 18.1 Å². The van der Waals surface area contributed by atoms with Crippen molar-refractivity contribution in [2.24, 2.45) is 5.73 Å². The summed E-state index contributed by atoms with van der Waals surface area (Å²) in [6.07, 6.45) is 2.47. The Labute approximate surface area is 112 Å². The van der Waals surface area contributed by atoms with E-state index in [-0.39, 0.29) is 11.8 Å². The zero-order chi connectivity index (χ0) is 13.7. The van der Waals surface area contributed by atoms with Gasteiger partial charge < -0.3 is 15.6 Å². The van der Waals surface area contributed by atoms with Crippen LogP contribution in [0.1, 0.15) is 18.2 Å². The lowest BCUT2D eigenvalue weighted by Gasteiger charge is -2.08. The number of phenols is 1. The van der Waals surface area contributed by atoms with Crippen LogP contribution in [0.4, 0.5) is 0 Å². The lowest BCUT2D eigenvalue weighted by molar-refractivity contribution is 0.304. The van der Waals surface area contributed by atoms with Crippen LogP contribution in [0, 0.1) is 0 Å². The Morgan fingerprint density at radius 1 is 1.21 bits per heavy atom. The summed E-state index contributed by atoms with van der Waals surface area (Å²) in [4.78, 5) is 4.30. The van der Waals surface area contributed by atoms with Crippen LogP contribution in [0.2, 0.25) is 0 Å². The second-order valence-corrected chi connectivity index (χ2v) is 4.62. The molecule has 2 rings (SSSR count). The van der Waals surface area contributed by atoms with E-state index in [0.29, 0.717) is 6.61 Å². The zero-order valence-electron chi connectivity index (χ0n) is 10.9. The van der Waals surface area contributed by atoms with Crippen molar-refractivity contribution in [3.63, 3.8) is 0 Å². The van der Waals surface area contributed by atoms with E-state index in [1.807, 2.05) is 31.2 Å². The van der Waals surface area contributed by atoms with Gasteiger partial charge in [0.05, 0.1) is 6.20 Å². The van der Waals surface area contributed by atoms with Crippen molar-refractivity contribution in [1.82, 2.24) is 4.98 Å². The normalized spacial score (nSPS) is 12.1. The summed E-state index contributed by atoms with van der Waals surface area (Å²) in [6.45, 7) is 2.41. The maximum absolute atomic E-state index is 9.18. The van der Waals surface area contributed by atoms with E-state index in [2.05, 4.69) is 4.98 Å². The molecule has 0 radical (unpaired) electrons. The molecule has 0 fully saturated rings. The van der Waals surface area contributed by atoms with Gasteiger partial charge in [-0.15, -0.1) is 0 Å². The highest BCUT2D eigenvalue weighted by atomic mass is 16.5. The maximum atomic E-state index is 9.18. The molecule has 1 aromatic carbocycles. The largest absolute Gasteiger partial charge is 0.508 e. The minimum atomic E-state index is 0.108. The number of hydrogen-bond donors (Lipinski definition) is 2. The van der Waals surface area contributed by atoms with E-state index in [1.165, 1.54) is 0 Å². The molecule has 0 aliphatic rings. The maximum Gasteiger partial charge on any atom is 0.138 e. The van der Waals surface area contributed by atoms with E-state index >= 15 is 0 Å². The fraction of sp³-hybridized carbons (Fsp3) is 0.267. The number of pyridine rings is 1. The van der Waals surface area contributed by atoms with Gasteiger partial charge in [-0.25, -0.2) is 0 Å². The van der Waals surface area contributed by atoms with Gasteiger partial charge >= 0.3 is 0 Å². The number of benzene rings is 1. The highest BCUT2D eigenvalue weighted by Gasteiger charge is 2.01. The Kier molecular flexibility index (Phi) is 4.36. The fourth-order valence-corrected chi connectivity index (χ4v) is 1.71. The summed E-state index contributed by atoms with van der Waals surface area (Å²) in [5.74, 6) is 0.979. The summed E-state index contributed by atoms with van der Waals surface area (Å²) >= 11 is 0. The smallest absolute Gasteiger partial charge is 0.138 e. The average molecular weight is 258 g/mol. The monoisotopic (exact) mass is 258 g/mol. The third-order valence-corrected chi connectivity index (χ3v) is 2.67. The molecule has 0 saturated carbocycles. The summed E-state index contributed by atoms with van der Waals surface area (Å²) in [6, 6.07) is 10.9. The fourth-order valence-electron chi connectivity index (χ4n) is 1.71. The van der Waals surface area contributed by atoms with Crippen molar-refractivity contribution < 1.29 is 9.84 Å². The van der Waals surface area contributed by atoms with E-state index in [1.54, 1.807) is 18.3 Å². The van der Waals surface area contributed by atoms with E-state index in [9.17, 15) is 5.11 Å². The Morgan fingerprint density at radius 2 is 1.95 bits per heavy atom. The molecular weight excluding hydrogens is 240 g/mol. The third-order valence-electron chi connectivity index (χ3n) is 2.67. The van der Waals surface area contributed by atoms with Gasteiger partial charge in [-0.05, 0) is 36.8 Å². The summed E-state index contributed by atoms with van der Waals surface area (Å²) < 4.78 is 5.62. The molecule has 0 spiro atoms. The molecule has 4 nitrogen and oxygen atoms in total. The number of rotatable bonds is 5. The number of aromatic hydroxyl groups is 1. The molecule has 100 valence electrons. The first-order chi connectivity index (χ1) is 9.13. The van der Waals surface area contributed by atoms with Crippen molar-refractivity contribution >= 4 is 0 Å². The van der Waals surface area contributed by atoms with Gasteiger partial charge in [0.15, 0.2) is 0 Å². The van der Waals surface area contributed by atoms with E-state index < -0.39 is 0 Å². The quantitative estimate of drug-likeness (QED) is 0.863. The molecule has 4 heteroatoms. The van der Waals surface area contributed by atoms with E-state index in [0.717, 1.165) is 23.4 Å². The van der Waals surface area contributed by atoms with Gasteiger partial charge in [0, 0.05) is 18.2 Å². The molecule has 2 aromatic rings. The van der Waals surface area contributed by atoms with Crippen LogP contribution < -0.4 is 10.5 Å². The lowest BCUT2D eigenvalue weighted by atomic mass is 10.2. The van der Waals surface area contributed by atoms with Gasteiger partial charge in [-0.3, -0.25) is 4.98 Å². The van der Waals surface area contributed by atoms with Crippen LogP contribution in [0.25, 0.3) is 0 Å². The highest BCUT2D eigenvalue weighted by molar-refractivity contribution is 5.26. The van der Waals surface area contributed by atoms with Crippen LogP contribution in [0.15, 0.2) is 42.6 Å². The number of phenolic OH excluding ortho intramolecular Hbond substituents is 1. The first-order valence-electron chi connectivity index (χ1n) is 6.24. The number of hydrogen-bond acceptors (Lipinski definition) is 4. The standard InChI is InChI=1S/C15H18N2O2/c1-11(16)8-13-4-7-15(9-17-13)19-10-12-2-5-14(18)6-3-12/h2-7,9,11,18H,8,10,16H2,1H3. The molecule has 0 aliphatic heterocycles. The van der Waals surface area contributed by atoms with Crippen LogP contribution in [0.3, 0.4) is 0 Å². The molecule has 0 amide bonds. The molecule has 1 aromatic heterocycles. The molecule has 1 heterocycles. The van der Waals surface area contributed by atoms with Crippen molar-refractivity contribution in [2.75, 3.05) is 0 Å². The molecule has 0 bridgehead atoms. The number of nitrogens with zero attached hydrogens (tertiary/aromatic N) is 1. The van der Waals surface area contributed by atoms with Gasteiger partial charge in [0.25, 0.3) is 0 Å². The first kappa shape index (κ1) is 13.4. The van der Waals surface area contributed by atoms with E-state index in [4.69, 9.17) is 10.5 Å².